The summed E-state index contributed by atoms with van der Waals surface area (Å²) in [5.41, 5.74) is 0.950. The lowest BCUT2D eigenvalue weighted by Gasteiger charge is -2.42. The predicted molar refractivity (Wildman–Crippen MR) is 91.1 cm³/mol. The van der Waals surface area contributed by atoms with Crippen LogP contribution in [0.1, 0.15) is 28.5 Å². The van der Waals surface area contributed by atoms with Crippen molar-refractivity contribution in [1.82, 2.24) is 14.5 Å². The summed E-state index contributed by atoms with van der Waals surface area (Å²) in [7, 11) is 1.41. The number of aromatic amines is 1. The van der Waals surface area contributed by atoms with Crippen molar-refractivity contribution in [3.05, 3.63) is 62.4 Å². The lowest BCUT2D eigenvalue weighted by Crippen LogP contribution is -2.49. The van der Waals surface area contributed by atoms with Crippen molar-refractivity contribution in [3.63, 3.8) is 0 Å². The van der Waals surface area contributed by atoms with Gasteiger partial charge in [0, 0.05) is 49.6 Å². The van der Waals surface area contributed by atoms with Crippen molar-refractivity contribution < 1.29 is 9.53 Å². The molecule has 0 radical (unpaired) electrons. The number of carbonyl (C=O) groups excluding carboxylic acids is 1. The van der Waals surface area contributed by atoms with E-state index in [1.165, 1.54) is 19.4 Å². The summed E-state index contributed by atoms with van der Waals surface area (Å²) in [6, 6.07) is 6.60. The largest absolute Gasteiger partial charge is 0.491 e. The van der Waals surface area contributed by atoms with Crippen LogP contribution in [0, 0.1) is 5.92 Å². The van der Waals surface area contributed by atoms with E-state index < -0.39 is 0 Å². The molecule has 2 aliphatic rings. The molecule has 1 amide bonds. The van der Waals surface area contributed by atoms with Gasteiger partial charge in [-0.05, 0) is 18.4 Å². The number of fused-ring (bicyclic) bond motifs is 4. The molecular formula is C18H19N3O4. The maximum atomic E-state index is 12.8. The molecule has 2 atom stereocenters. The monoisotopic (exact) mass is 341 g/mol. The number of rotatable bonds is 2. The zero-order valence-electron chi connectivity index (χ0n) is 13.9. The Labute approximate surface area is 143 Å². The Morgan fingerprint density at radius 3 is 2.84 bits per heavy atom. The molecule has 0 saturated carbocycles. The molecule has 0 aliphatic carbocycles. The minimum atomic E-state index is -0.321. The van der Waals surface area contributed by atoms with E-state index >= 15 is 0 Å². The average molecular weight is 341 g/mol. The fourth-order valence-electron chi connectivity index (χ4n) is 3.97. The lowest BCUT2D eigenvalue weighted by molar-refractivity contribution is 0.0588. The smallest absolute Gasteiger partial charge is 0.270 e. The molecule has 1 N–H and O–H groups in total. The van der Waals surface area contributed by atoms with Crippen LogP contribution in [0.5, 0.6) is 5.75 Å². The number of aromatic nitrogens is 2. The molecular weight excluding hydrogens is 322 g/mol. The average Bonchev–Trinajstić information content (AvgIpc) is 2.62. The highest BCUT2D eigenvalue weighted by molar-refractivity contribution is 5.92. The minimum Gasteiger partial charge on any atom is -0.491 e. The minimum absolute atomic E-state index is 0.0199. The zero-order chi connectivity index (χ0) is 17.6. The number of nitrogens with zero attached hydrogens (tertiary/aromatic N) is 2. The van der Waals surface area contributed by atoms with Gasteiger partial charge >= 0.3 is 0 Å². The van der Waals surface area contributed by atoms with Crippen molar-refractivity contribution in [2.24, 2.45) is 5.92 Å². The SMILES string of the molecule is COc1c[nH]c(C(=O)N2CC3CC(C2)c2cccc(=O)n2C3)cc1=O. The van der Waals surface area contributed by atoms with E-state index in [1.54, 1.807) is 17.0 Å². The van der Waals surface area contributed by atoms with Gasteiger partial charge in [-0.1, -0.05) is 6.07 Å². The Balaban J connectivity index is 1.62. The molecule has 0 aromatic carbocycles. The number of amides is 1. The summed E-state index contributed by atoms with van der Waals surface area (Å²) < 4.78 is 6.76. The fourth-order valence-corrected chi connectivity index (χ4v) is 3.97. The molecule has 4 heterocycles. The normalized spacial score (nSPS) is 21.6. The molecule has 130 valence electrons. The summed E-state index contributed by atoms with van der Waals surface area (Å²) in [4.78, 5) is 41.4. The quantitative estimate of drug-likeness (QED) is 0.876. The third kappa shape index (κ3) is 2.65. The van der Waals surface area contributed by atoms with Gasteiger partial charge in [-0.15, -0.1) is 0 Å². The molecule has 2 bridgehead atoms. The predicted octanol–water partition coefficient (Wildman–Crippen LogP) is 0.805. The van der Waals surface area contributed by atoms with Crippen molar-refractivity contribution in [2.75, 3.05) is 20.2 Å². The first-order valence-electron chi connectivity index (χ1n) is 8.32. The Morgan fingerprint density at radius 2 is 2.08 bits per heavy atom. The molecule has 2 aromatic rings. The van der Waals surface area contributed by atoms with Crippen molar-refractivity contribution in [1.29, 1.82) is 0 Å². The van der Waals surface area contributed by atoms with Gasteiger partial charge in [0.05, 0.1) is 7.11 Å². The van der Waals surface area contributed by atoms with Crippen LogP contribution in [0.25, 0.3) is 0 Å². The van der Waals surface area contributed by atoms with Crippen LogP contribution in [0.15, 0.2) is 40.1 Å². The molecule has 2 unspecified atom stereocenters. The van der Waals surface area contributed by atoms with Gasteiger partial charge < -0.3 is 19.2 Å². The molecule has 2 aliphatic heterocycles. The Hall–Kier alpha value is -2.83. The van der Waals surface area contributed by atoms with E-state index in [0.29, 0.717) is 19.6 Å². The number of likely N-dealkylation sites (tertiary alicyclic amines) is 1. The van der Waals surface area contributed by atoms with Gasteiger partial charge in [0.1, 0.15) is 5.69 Å². The molecule has 7 heteroatoms. The number of methoxy groups -OCH3 is 1. The molecule has 7 nitrogen and oxygen atoms in total. The van der Waals surface area contributed by atoms with Crippen LogP contribution < -0.4 is 15.7 Å². The maximum absolute atomic E-state index is 12.8. The van der Waals surface area contributed by atoms with E-state index in [4.69, 9.17) is 4.74 Å². The lowest BCUT2D eigenvalue weighted by atomic mass is 9.83. The highest BCUT2D eigenvalue weighted by Gasteiger charge is 2.36. The van der Waals surface area contributed by atoms with Gasteiger partial charge in [0.15, 0.2) is 5.75 Å². The van der Waals surface area contributed by atoms with Crippen LogP contribution in [-0.2, 0) is 6.54 Å². The van der Waals surface area contributed by atoms with Gasteiger partial charge in [0.25, 0.3) is 11.5 Å². The van der Waals surface area contributed by atoms with E-state index in [2.05, 4.69) is 4.98 Å². The number of carbonyl (C=O) groups is 1. The standard InChI is InChI=1S/C18H19N3O4/c1-25-16-7-19-13(6-15(16)22)18(24)20-8-11-5-12(10-20)14-3-2-4-17(23)21(14)9-11/h2-4,6-7,11-12H,5,8-10H2,1H3,(H,19,22). The van der Waals surface area contributed by atoms with E-state index in [-0.39, 0.29) is 40.2 Å². The summed E-state index contributed by atoms with van der Waals surface area (Å²) >= 11 is 0. The van der Waals surface area contributed by atoms with Gasteiger partial charge in [-0.25, -0.2) is 0 Å². The number of piperidine rings is 1. The summed E-state index contributed by atoms with van der Waals surface area (Å²) in [6.07, 6.45) is 2.39. The number of nitrogens with one attached hydrogen (secondary N) is 1. The van der Waals surface area contributed by atoms with Gasteiger partial charge in [-0.2, -0.15) is 0 Å². The second kappa shape index (κ2) is 5.91. The van der Waals surface area contributed by atoms with Crippen LogP contribution in [0.2, 0.25) is 0 Å². The molecule has 0 spiro atoms. The number of hydrogen-bond acceptors (Lipinski definition) is 4. The number of ether oxygens (including phenoxy) is 1. The number of pyridine rings is 2. The van der Waals surface area contributed by atoms with Crippen molar-refractivity contribution in [3.8, 4) is 5.75 Å². The van der Waals surface area contributed by atoms with E-state index in [0.717, 1.165) is 12.1 Å². The van der Waals surface area contributed by atoms with Gasteiger partial charge in [-0.3, -0.25) is 14.4 Å². The second-order valence-electron chi connectivity index (χ2n) is 6.69. The third-order valence-corrected chi connectivity index (χ3v) is 5.09. The Morgan fingerprint density at radius 1 is 1.24 bits per heavy atom. The maximum Gasteiger partial charge on any atom is 0.270 e. The van der Waals surface area contributed by atoms with E-state index in [9.17, 15) is 14.4 Å². The highest BCUT2D eigenvalue weighted by atomic mass is 16.5. The van der Waals surface area contributed by atoms with Crippen LogP contribution in [-0.4, -0.2) is 40.6 Å². The highest BCUT2D eigenvalue weighted by Crippen LogP contribution is 2.35. The Kier molecular flexibility index (Phi) is 3.71. The molecule has 1 saturated heterocycles. The van der Waals surface area contributed by atoms with Crippen LogP contribution >= 0.6 is 0 Å². The van der Waals surface area contributed by atoms with Gasteiger partial charge in [0.2, 0.25) is 5.43 Å². The topological polar surface area (TPSA) is 84.4 Å². The molecule has 1 fully saturated rings. The summed E-state index contributed by atoms with van der Waals surface area (Å²) in [6.45, 7) is 1.77. The first-order valence-corrected chi connectivity index (χ1v) is 8.32. The fraction of sp³-hybridized carbons (Fsp3) is 0.389. The summed E-state index contributed by atoms with van der Waals surface area (Å²) in [5.74, 6) is 0.386. The zero-order valence-corrected chi connectivity index (χ0v) is 13.9. The molecule has 2 aromatic heterocycles. The first-order chi connectivity index (χ1) is 12.1. The van der Waals surface area contributed by atoms with Crippen molar-refractivity contribution >= 4 is 5.91 Å². The summed E-state index contributed by atoms with van der Waals surface area (Å²) in [5, 5.41) is 0. The van der Waals surface area contributed by atoms with Crippen LogP contribution in [0.4, 0.5) is 0 Å². The second-order valence-corrected chi connectivity index (χ2v) is 6.69. The Bertz CT molecular complexity index is 946. The number of H-pyrrole nitrogens is 1. The van der Waals surface area contributed by atoms with E-state index in [1.807, 2.05) is 10.6 Å². The number of hydrogen-bond donors (Lipinski definition) is 1. The molecule has 25 heavy (non-hydrogen) atoms. The third-order valence-electron chi connectivity index (χ3n) is 5.09. The van der Waals surface area contributed by atoms with Crippen LogP contribution in [0.3, 0.4) is 0 Å². The van der Waals surface area contributed by atoms with Crippen molar-refractivity contribution in [2.45, 2.75) is 18.9 Å². The first kappa shape index (κ1) is 15.7. The molecule has 4 rings (SSSR count).